The summed E-state index contributed by atoms with van der Waals surface area (Å²) in [6.07, 6.45) is 3.90. The van der Waals surface area contributed by atoms with Gasteiger partial charge in [0, 0.05) is 19.1 Å². The Morgan fingerprint density at radius 2 is 2.30 bits per heavy atom. The van der Waals surface area contributed by atoms with Crippen molar-refractivity contribution < 1.29 is 4.79 Å². The van der Waals surface area contributed by atoms with Crippen LogP contribution in [0.3, 0.4) is 0 Å². The number of carbonyl (C=O) groups is 1. The lowest BCUT2D eigenvalue weighted by molar-refractivity contribution is 0.0936. The number of nitriles is 1. The number of hydrogen-bond donors (Lipinski definition) is 1. The van der Waals surface area contributed by atoms with Crippen LogP contribution in [0, 0.1) is 11.3 Å². The molecular weight excluding hydrogens is 278 g/mol. The van der Waals surface area contributed by atoms with E-state index in [-0.39, 0.29) is 29.1 Å². The predicted octanol–water partition coefficient (Wildman–Crippen LogP) is 1.76. The van der Waals surface area contributed by atoms with E-state index >= 15 is 0 Å². The maximum Gasteiger partial charge on any atom is 0.271 e. The fraction of sp³-hybridized carbons (Fsp3) is 0.538. The summed E-state index contributed by atoms with van der Waals surface area (Å²) < 4.78 is 0. The molecule has 0 spiro atoms. The second-order valence-electron chi connectivity index (χ2n) is 4.80. The van der Waals surface area contributed by atoms with Crippen molar-refractivity contribution in [1.29, 1.82) is 5.26 Å². The van der Waals surface area contributed by atoms with Crippen LogP contribution in [-0.2, 0) is 0 Å². The maximum absolute atomic E-state index is 12.1. The number of aromatic nitrogens is 2. The van der Waals surface area contributed by atoms with Crippen LogP contribution in [0.5, 0.6) is 0 Å². The lowest BCUT2D eigenvalue weighted by Crippen LogP contribution is -2.33. The Hall–Kier alpha value is -1.87. The van der Waals surface area contributed by atoms with Gasteiger partial charge in [-0.25, -0.2) is 9.97 Å². The summed E-state index contributed by atoms with van der Waals surface area (Å²) in [6.45, 7) is 3.55. The van der Waals surface area contributed by atoms with Crippen LogP contribution in [0.4, 0.5) is 5.95 Å². The summed E-state index contributed by atoms with van der Waals surface area (Å²) in [5, 5.41) is 11.5. The van der Waals surface area contributed by atoms with Gasteiger partial charge in [-0.1, -0.05) is 11.6 Å². The number of amides is 1. The van der Waals surface area contributed by atoms with Gasteiger partial charge in [-0.3, -0.25) is 4.79 Å². The summed E-state index contributed by atoms with van der Waals surface area (Å²) in [4.78, 5) is 22.6. The van der Waals surface area contributed by atoms with E-state index < -0.39 is 0 Å². The smallest absolute Gasteiger partial charge is 0.271 e. The Morgan fingerprint density at radius 3 is 2.95 bits per heavy atom. The van der Waals surface area contributed by atoms with Crippen molar-refractivity contribution in [2.75, 3.05) is 18.0 Å². The van der Waals surface area contributed by atoms with E-state index in [0.29, 0.717) is 5.95 Å². The molecule has 1 atom stereocenters. The van der Waals surface area contributed by atoms with Crippen LogP contribution >= 0.6 is 11.6 Å². The molecule has 1 aliphatic rings. The number of anilines is 1. The summed E-state index contributed by atoms with van der Waals surface area (Å²) >= 11 is 5.99. The molecule has 0 bridgehead atoms. The minimum Gasteiger partial charge on any atom is -0.347 e. The summed E-state index contributed by atoms with van der Waals surface area (Å²) in [5.74, 6) is 0.158. The summed E-state index contributed by atoms with van der Waals surface area (Å²) in [5.41, 5.74) is 0.161. The van der Waals surface area contributed by atoms with Crippen LogP contribution in [-0.4, -0.2) is 35.0 Å². The number of nitrogens with zero attached hydrogens (tertiary/aromatic N) is 4. The maximum atomic E-state index is 12.1. The average Bonchev–Trinajstić information content (AvgIpc) is 2.93. The van der Waals surface area contributed by atoms with Crippen molar-refractivity contribution in [3.63, 3.8) is 0 Å². The van der Waals surface area contributed by atoms with Gasteiger partial charge in [-0.2, -0.15) is 5.26 Å². The third-order valence-corrected chi connectivity index (χ3v) is 3.39. The highest BCUT2D eigenvalue weighted by atomic mass is 35.5. The van der Waals surface area contributed by atoms with E-state index in [1.165, 1.54) is 6.20 Å². The van der Waals surface area contributed by atoms with Gasteiger partial charge in [0.15, 0.2) is 5.69 Å². The number of nitrogens with one attached hydrogen (secondary N) is 1. The molecule has 1 N–H and O–H groups in total. The van der Waals surface area contributed by atoms with E-state index in [4.69, 9.17) is 16.9 Å². The third-order valence-electron chi connectivity index (χ3n) is 3.11. The zero-order valence-corrected chi connectivity index (χ0v) is 12.0. The molecule has 0 aromatic carbocycles. The van der Waals surface area contributed by atoms with Gasteiger partial charge in [0.1, 0.15) is 0 Å². The summed E-state index contributed by atoms with van der Waals surface area (Å²) in [6, 6.07) is 1.76. The van der Waals surface area contributed by atoms with Gasteiger partial charge < -0.3 is 10.2 Å². The first-order chi connectivity index (χ1) is 9.61. The highest BCUT2D eigenvalue weighted by molar-refractivity contribution is 6.33. The standard InChI is InChI=1S/C13H16ClN5O/c1-9(4-5-15)17-12(20)11-10(14)8-16-13(18-11)19-6-2-3-7-19/h8-9H,2-4,6-7H2,1H3,(H,17,20). The molecule has 0 radical (unpaired) electrons. The molecule has 1 aliphatic heterocycles. The Bertz CT molecular complexity index is 536. The third kappa shape index (κ3) is 3.36. The largest absolute Gasteiger partial charge is 0.347 e. The van der Waals surface area contributed by atoms with Crippen molar-refractivity contribution in [2.24, 2.45) is 0 Å². The normalized spacial score (nSPS) is 15.8. The van der Waals surface area contributed by atoms with Gasteiger partial charge in [0.05, 0.1) is 23.7 Å². The Kier molecular flexibility index (Phi) is 4.74. The molecule has 0 aliphatic carbocycles. The van der Waals surface area contributed by atoms with E-state index in [1.54, 1.807) is 6.92 Å². The monoisotopic (exact) mass is 293 g/mol. The lowest BCUT2D eigenvalue weighted by Gasteiger charge is -2.16. The fourth-order valence-electron chi connectivity index (χ4n) is 2.07. The minimum atomic E-state index is -0.374. The quantitative estimate of drug-likeness (QED) is 0.915. The highest BCUT2D eigenvalue weighted by Crippen LogP contribution is 2.19. The lowest BCUT2D eigenvalue weighted by atomic mass is 10.2. The number of hydrogen-bond acceptors (Lipinski definition) is 5. The van der Waals surface area contributed by atoms with Gasteiger partial charge in [0.25, 0.3) is 5.91 Å². The molecule has 2 heterocycles. The Morgan fingerprint density at radius 1 is 1.60 bits per heavy atom. The van der Waals surface area contributed by atoms with Gasteiger partial charge in [-0.15, -0.1) is 0 Å². The molecule has 1 unspecified atom stereocenters. The zero-order valence-electron chi connectivity index (χ0n) is 11.3. The number of carbonyl (C=O) groups excluding carboxylic acids is 1. The van der Waals surface area contributed by atoms with E-state index in [9.17, 15) is 4.79 Å². The molecule has 20 heavy (non-hydrogen) atoms. The molecule has 0 saturated carbocycles. The first-order valence-electron chi connectivity index (χ1n) is 6.57. The van der Waals surface area contributed by atoms with Crippen LogP contribution in [0.2, 0.25) is 5.02 Å². The molecule has 1 aromatic heterocycles. The van der Waals surface area contributed by atoms with Crippen molar-refractivity contribution >= 4 is 23.5 Å². The van der Waals surface area contributed by atoms with Gasteiger partial charge in [0.2, 0.25) is 5.95 Å². The van der Waals surface area contributed by atoms with Crippen LogP contribution in [0.15, 0.2) is 6.20 Å². The molecule has 1 fully saturated rings. The average molecular weight is 294 g/mol. The molecule has 1 saturated heterocycles. The highest BCUT2D eigenvalue weighted by Gasteiger charge is 2.20. The fourth-order valence-corrected chi connectivity index (χ4v) is 2.24. The molecule has 1 aromatic rings. The summed E-state index contributed by atoms with van der Waals surface area (Å²) in [7, 11) is 0. The minimum absolute atomic E-state index is 0.161. The second kappa shape index (κ2) is 6.53. The number of rotatable bonds is 4. The molecule has 106 valence electrons. The molecule has 7 heteroatoms. The molecule has 6 nitrogen and oxygen atoms in total. The second-order valence-corrected chi connectivity index (χ2v) is 5.20. The van der Waals surface area contributed by atoms with Crippen molar-refractivity contribution in [1.82, 2.24) is 15.3 Å². The van der Waals surface area contributed by atoms with E-state index in [1.807, 2.05) is 11.0 Å². The SMILES string of the molecule is CC(CC#N)NC(=O)c1nc(N2CCCC2)ncc1Cl. The first-order valence-corrected chi connectivity index (χ1v) is 6.95. The van der Waals surface area contributed by atoms with Crippen molar-refractivity contribution in [3.8, 4) is 6.07 Å². The van der Waals surface area contributed by atoms with Gasteiger partial charge >= 0.3 is 0 Å². The number of halogens is 1. The van der Waals surface area contributed by atoms with Crippen LogP contribution < -0.4 is 10.2 Å². The van der Waals surface area contributed by atoms with Crippen LogP contribution in [0.25, 0.3) is 0 Å². The molecular formula is C13H16ClN5O. The molecule has 2 rings (SSSR count). The first kappa shape index (κ1) is 14.5. The van der Waals surface area contributed by atoms with E-state index in [2.05, 4.69) is 15.3 Å². The zero-order chi connectivity index (χ0) is 14.5. The van der Waals surface area contributed by atoms with Crippen LogP contribution in [0.1, 0.15) is 36.7 Å². The van der Waals surface area contributed by atoms with E-state index in [0.717, 1.165) is 25.9 Å². The topological polar surface area (TPSA) is 81.9 Å². The Balaban J connectivity index is 2.15. The van der Waals surface area contributed by atoms with Gasteiger partial charge in [-0.05, 0) is 19.8 Å². The van der Waals surface area contributed by atoms with Crippen molar-refractivity contribution in [3.05, 3.63) is 16.9 Å². The predicted molar refractivity (Wildman–Crippen MR) is 75.6 cm³/mol. The molecule has 1 amide bonds. The van der Waals surface area contributed by atoms with Crippen molar-refractivity contribution in [2.45, 2.75) is 32.2 Å². The Labute approximate surface area is 122 Å².